The summed E-state index contributed by atoms with van der Waals surface area (Å²) in [6.07, 6.45) is 7.40. The number of likely N-dealkylation sites (tertiary alicyclic amines) is 1. The highest BCUT2D eigenvalue weighted by Crippen LogP contribution is 2.41. The molecule has 1 unspecified atom stereocenters. The molecule has 3 aromatic carbocycles. The molecule has 1 aliphatic rings. The van der Waals surface area contributed by atoms with E-state index in [4.69, 9.17) is 11.2 Å². The Morgan fingerprint density at radius 1 is 0.970 bits per heavy atom. The first-order chi connectivity index (χ1) is 16.1. The van der Waals surface area contributed by atoms with Gasteiger partial charge in [-0.05, 0) is 61.2 Å². The quantitative estimate of drug-likeness (QED) is 0.482. The zero-order valence-corrected chi connectivity index (χ0v) is 19.4. The molecule has 0 spiro atoms. The Hall–Kier alpha value is -3.06. The zero-order chi connectivity index (χ0) is 23.1. The second kappa shape index (κ2) is 10.7. The first-order valence-electron chi connectivity index (χ1n) is 11.8. The lowest BCUT2D eigenvalue weighted by Crippen LogP contribution is -2.45. The Balaban J connectivity index is 1.36. The SMILES string of the molecule is C#Cc1cccc(OCC(C)CN2CCC(C(O)(c3ccccc3)c3ccccc3)CC2)c1. The molecule has 0 bridgehead atoms. The monoisotopic (exact) mass is 439 g/mol. The molecule has 0 radical (unpaired) electrons. The summed E-state index contributed by atoms with van der Waals surface area (Å²) >= 11 is 0. The molecule has 1 heterocycles. The summed E-state index contributed by atoms with van der Waals surface area (Å²) < 4.78 is 5.98. The van der Waals surface area contributed by atoms with Gasteiger partial charge in [0.1, 0.15) is 11.4 Å². The summed E-state index contributed by atoms with van der Waals surface area (Å²) in [7, 11) is 0. The van der Waals surface area contributed by atoms with Gasteiger partial charge in [-0.1, -0.05) is 79.6 Å². The third-order valence-electron chi connectivity index (χ3n) is 6.71. The van der Waals surface area contributed by atoms with E-state index >= 15 is 0 Å². The van der Waals surface area contributed by atoms with E-state index in [1.165, 1.54) is 0 Å². The normalized spacial score (nSPS) is 16.2. The van der Waals surface area contributed by atoms with Crippen LogP contribution in [0.15, 0.2) is 84.9 Å². The number of hydrogen-bond acceptors (Lipinski definition) is 3. The molecular formula is C30H33NO2. The number of terminal acetylenes is 1. The number of rotatable bonds is 8. The van der Waals surface area contributed by atoms with Crippen LogP contribution in [0.2, 0.25) is 0 Å². The molecule has 4 rings (SSSR count). The Labute approximate surface area is 198 Å². The van der Waals surface area contributed by atoms with Gasteiger partial charge in [0.25, 0.3) is 0 Å². The van der Waals surface area contributed by atoms with Crippen molar-refractivity contribution in [2.24, 2.45) is 11.8 Å². The summed E-state index contributed by atoms with van der Waals surface area (Å²) in [5, 5.41) is 12.0. The number of nitrogens with zero attached hydrogens (tertiary/aromatic N) is 1. The molecule has 170 valence electrons. The lowest BCUT2D eigenvalue weighted by Gasteiger charge is -2.42. The van der Waals surface area contributed by atoms with Gasteiger partial charge in [0, 0.05) is 18.0 Å². The molecule has 0 aromatic heterocycles. The fourth-order valence-corrected chi connectivity index (χ4v) is 4.96. The minimum absolute atomic E-state index is 0.177. The highest BCUT2D eigenvalue weighted by atomic mass is 16.5. The number of ether oxygens (including phenoxy) is 1. The van der Waals surface area contributed by atoms with E-state index in [1.54, 1.807) is 0 Å². The smallest absolute Gasteiger partial charge is 0.120 e. The van der Waals surface area contributed by atoms with Crippen LogP contribution in [0.1, 0.15) is 36.5 Å². The van der Waals surface area contributed by atoms with Crippen molar-refractivity contribution < 1.29 is 9.84 Å². The van der Waals surface area contributed by atoms with Gasteiger partial charge >= 0.3 is 0 Å². The predicted octanol–water partition coefficient (Wildman–Crippen LogP) is 5.33. The van der Waals surface area contributed by atoms with Gasteiger partial charge in [0.05, 0.1) is 6.61 Å². The minimum Gasteiger partial charge on any atom is -0.493 e. The second-order valence-electron chi connectivity index (χ2n) is 9.16. The maximum Gasteiger partial charge on any atom is 0.120 e. The first kappa shape index (κ1) is 23.1. The van der Waals surface area contributed by atoms with Crippen LogP contribution in [0.25, 0.3) is 0 Å². The predicted molar refractivity (Wildman–Crippen MR) is 134 cm³/mol. The standard InChI is InChI=1S/C30H33NO2/c1-3-25-11-10-16-29(21-25)33-23-24(2)22-31-19-17-28(18-20-31)30(32,26-12-6-4-7-13-26)27-14-8-5-9-15-27/h1,4-16,21,24,28,32H,17-20,22-23H2,2H3. The number of hydrogen-bond donors (Lipinski definition) is 1. The molecule has 1 atom stereocenters. The van der Waals surface area contributed by atoms with Crippen molar-refractivity contribution in [1.82, 2.24) is 4.90 Å². The molecule has 1 saturated heterocycles. The summed E-state index contributed by atoms with van der Waals surface area (Å²) in [5.74, 6) is 4.06. The number of benzene rings is 3. The van der Waals surface area contributed by atoms with Crippen molar-refractivity contribution in [2.45, 2.75) is 25.4 Å². The third kappa shape index (κ3) is 5.47. The lowest BCUT2D eigenvalue weighted by molar-refractivity contribution is -0.0164. The molecule has 3 nitrogen and oxygen atoms in total. The van der Waals surface area contributed by atoms with Gasteiger partial charge in [0.15, 0.2) is 0 Å². The van der Waals surface area contributed by atoms with Crippen LogP contribution in [0.3, 0.4) is 0 Å². The van der Waals surface area contributed by atoms with Crippen molar-refractivity contribution in [3.8, 4) is 18.1 Å². The van der Waals surface area contributed by atoms with Crippen LogP contribution < -0.4 is 4.74 Å². The van der Waals surface area contributed by atoms with Crippen LogP contribution in [-0.2, 0) is 5.60 Å². The molecule has 3 aromatic rings. The maximum atomic E-state index is 12.0. The molecule has 1 aliphatic heterocycles. The Morgan fingerprint density at radius 2 is 1.58 bits per heavy atom. The Morgan fingerprint density at radius 3 is 2.15 bits per heavy atom. The summed E-state index contributed by atoms with van der Waals surface area (Å²) in [6.45, 7) is 5.82. The molecule has 0 amide bonds. The van der Waals surface area contributed by atoms with Crippen LogP contribution in [0, 0.1) is 24.2 Å². The van der Waals surface area contributed by atoms with Gasteiger partial charge in [-0.3, -0.25) is 0 Å². The van der Waals surface area contributed by atoms with E-state index in [1.807, 2.05) is 84.9 Å². The van der Waals surface area contributed by atoms with E-state index in [0.29, 0.717) is 12.5 Å². The first-order valence-corrected chi connectivity index (χ1v) is 11.8. The molecule has 33 heavy (non-hydrogen) atoms. The molecule has 0 saturated carbocycles. The van der Waals surface area contributed by atoms with Crippen LogP contribution in [0.5, 0.6) is 5.75 Å². The van der Waals surface area contributed by atoms with Crippen molar-refractivity contribution in [3.63, 3.8) is 0 Å². The summed E-state index contributed by atoms with van der Waals surface area (Å²) in [6, 6.07) is 28.0. The molecule has 1 fully saturated rings. The van der Waals surface area contributed by atoms with E-state index in [-0.39, 0.29) is 5.92 Å². The van der Waals surface area contributed by atoms with E-state index < -0.39 is 5.60 Å². The minimum atomic E-state index is -0.967. The van der Waals surface area contributed by atoms with Crippen LogP contribution >= 0.6 is 0 Å². The van der Waals surface area contributed by atoms with Gasteiger partial charge < -0.3 is 14.7 Å². The molecule has 3 heteroatoms. The average molecular weight is 440 g/mol. The number of aliphatic hydroxyl groups is 1. The lowest BCUT2D eigenvalue weighted by atomic mass is 9.72. The Bertz CT molecular complexity index is 1010. The maximum absolute atomic E-state index is 12.0. The topological polar surface area (TPSA) is 32.7 Å². The summed E-state index contributed by atoms with van der Waals surface area (Å²) in [5.41, 5.74) is 1.83. The van der Waals surface area contributed by atoms with E-state index in [0.717, 1.165) is 54.9 Å². The second-order valence-corrected chi connectivity index (χ2v) is 9.16. The molecule has 1 N–H and O–H groups in total. The van der Waals surface area contributed by atoms with Crippen molar-refractivity contribution >= 4 is 0 Å². The van der Waals surface area contributed by atoms with Gasteiger partial charge in [-0.2, -0.15) is 0 Å². The fraction of sp³-hybridized carbons (Fsp3) is 0.333. The number of piperidine rings is 1. The molecular weight excluding hydrogens is 406 g/mol. The Kier molecular flexibility index (Phi) is 7.50. The fourth-order valence-electron chi connectivity index (χ4n) is 4.96. The van der Waals surface area contributed by atoms with Gasteiger partial charge in [-0.15, -0.1) is 6.42 Å². The van der Waals surface area contributed by atoms with E-state index in [9.17, 15) is 5.11 Å². The zero-order valence-electron chi connectivity index (χ0n) is 19.4. The van der Waals surface area contributed by atoms with Crippen molar-refractivity contribution in [2.75, 3.05) is 26.2 Å². The highest BCUT2D eigenvalue weighted by Gasteiger charge is 2.41. The van der Waals surface area contributed by atoms with Crippen LogP contribution in [0.4, 0.5) is 0 Å². The van der Waals surface area contributed by atoms with E-state index in [2.05, 4.69) is 17.7 Å². The van der Waals surface area contributed by atoms with Crippen molar-refractivity contribution in [3.05, 3.63) is 102 Å². The van der Waals surface area contributed by atoms with Crippen molar-refractivity contribution in [1.29, 1.82) is 0 Å². The molecule has 0 aliphatic carbocycles. The highest BCUT2D eigenvalue weighted by molar-refractivity contribution is 5.38. The van der Waals surface area contributed by atoms with Gasteiger partial charge in [0.2, 0.25) is 0 Å². The van der Waals surface area contributed by atoms with Crippen LogP contribution in [-0.4, -0.2) is 36.2 Å². The van der Waals surface area contributed by atoms with Gasteiger partial charge in [-0.25, -0.2) is 0 Å². The summed E-state index contributed by atoms with van der Waals surface area (Å²) in [4.78, 5) is 2.50. The average Bonchev–Trinajstić information content (AvgIpc) is 2.88. The third-order valence-corrected chi connectivity index (χ3v) is 6.71. The largest absolute Gasteiger partial charge is 0.493 e.